The third-order valence-corrected chi connectivity index (χ3v) is 6.47. The van der Waals surface area contributed by atoms with Gasteiger partial charge in [0.1, 0.15) is 11.8 Å². The first-order chi connectivity index (χ1) is 17.6. The Morgan fingerprint density at radius 3 is 2.21 bits per heavy atom. The van der Waals surface area contributed by atoms with Gasteiger partial charge in [-0.25, -0.2) is 4.79 Å². The Morgan fingerprint density at radius 2 is 1.61 bits per heavy atom. The van der Waals surface area contributed by atoms with Gasteiger partial charge < -0.3 is 56.4 Å². The third-order valence-electron chi connectivity index (χ3n) is 6.24. The zero-order valence-electron chi connectivity index (χ0n) is 19.2. The zero-order chi connectivity index (χ0) is 28.2. The van der Waals surface area contributed by atoms with Gasteiger partial charge in [-0.2, -0.15) is 0 Å². The Labute approximate surface area is 218 Å². The number of aliphatic hydroxyl groups is 5. The summed E-state index contributed by atoms with van der Waals surface area (Å²) >= 11 is 5.89. The summed E-state index contributed by atoms with van der Waals surface area (Å²) in [6.45, 7) is 0. The van der Waals surface area contributed by atoms with Crippen LogP contribution in [0, 0.1) is 0 Å². The second kappa shape index (κ2) is 9.18. The summed E-state index contributed by atoms with van der Waals surface area (Å²) in [4.78, 5) is 11.3. The van der Waals surface area contributed by atoms with E-state index in [1.807, 2.05) is 5.32 Å². The number of rotatable bonds is 7. The maximum Gasteiger partial charge on any atom is 0.335 e. The minimum absolute atomic E-state index is 0.135. The second-order valence-electron chi connectivity index (χ2n) is 8.87. The van der Waals surface area contributed by atoms with Gasteiger partial charge in [-0.3, -0.25) is 5.32 Å². The van der Waals surface area contributed by atoms with Crippen LogP contribution >= 0.6 is 11.6 Å². The number of hydrogen-bond acceptors (Lipinski definition) is 12. The van der Waals surface area contributed by atoms with Crippen LogP contribution in [-0.4, -0.2) is 74.4 Å². The Morgan fingerprint density at radius 1 is 0.974 bits per heavy atom. The highest BCUT2D eigenvalue weighted by atomic mass is 35.5. The van der Waals surface area contributed by atoms with Gasteiger partial charge in [0, 0.05) is 11.4 Å². The lowest BCUT2D eigenvalue weighted by Crippen LogP contribution is -2.83. The van der Waals surface area contributed by atoms with Crippen molar-refractivity contribution in [3.05, 3.63) is 64.7 Å². The van der Waals surface area contributed by atoms with Crippen molar-refractivity contribution in [1.29, 1.82) is 0 Å². The van der Waals surface area contributed by atoms with Crippen LogP contribution in [0.15, 0.2) is 48.5 Å². The molecule has 1 aliphatic rings. The first kappa shape index (κ1) is 27.2. The SMILES string of the molecule is O=C(O)c1cccc(-c2c(O)c(O)c(O)c(NC(O)(O)C3(O)CC(O)(C(O)c4cccc(Cl)c4)N3)c2O)c1. The van der Waals surface area contributed by atoms with E-state index in [0.29, 0.717) is 0 Å². The van der Waals surface area contributed by atoms with E-state index in [1.165, 1.54) is 42.5 Å². The molecule has 0 spiro atoms. The van der Waals surface area contributed by atoms with E-state index in [9.17, 15) is 55.9 Å². The van der Waals surface area contributed by atoms with Crippen molar-refractivity contribution >= 4 is 23.3 Å². The van der Waals surface area contributed by atoms with Crippen molar-refractivity contribution in [2.75, 3.05) is 5.32 Å². The smallest absolute Gasteiger partial charge is 0.335 e. The number of aromatic hydroxyl groups is 4. The third kappa shape index (κ3) is 4.41. The van der Waals surface area contributed by atoms with E-state index in [4.69, 9.17) is 11.6 Å². The topological polar surface area (TPSA) is 243 Å². The number of phenols is 4. The minimum atomic E-state index is -3.49. The number of carboxylic acid groups (broad SMARTS) is 1. The normalized spacial score (nSPS) is 21.9. The van der Waals surface area contributed by atoms with E-state index in [2.05, 4.69) is 5.32 Å². The van der Waals surface area contributed by atoms with Crippen LogP contribution in [0.25, 0.3) is 11.1 Å². The minimum Gasteiger partial charge on any atom is -0.505 e. The predicted octanol–water partition coefficient (Wildman–Crippen LogP) is 0.682. The van der Waals surface area contributed by atoms with E-state index < -0.39 is 70.1 Å². The number of nitrogens with one attached hydrogen (secondary N) is 2. The Bertz CT molecular complexity index is 1420. The number of phenolic OH excluding ortho intramolecular Hbond substituents is 4. The van der Waals surface area contributed by atoms with E-state index in [1.54, 1.807) is 0 Å². The molecule has 0 saturated carbocycles. The quantitative estimate of drug-likeness (QED) is 0.110. The van der Waals surface area contributed by atoms with Crippen molar-refractivity contribution in [3.63, 3.8) is 0 Å². The fourth-order valence-corrected chi connectivity index (χ4v) is 4.43. The monoisotopic (exact) mass is 550 g/mol. The Balaban J connectivity index is 1.67. The highest BCUT2D eigenvalue weighted by Crippen LogP contribution is 2.55. The van der Waals surface area contributed by atoms with Gasteiger partial charge in [-0.15, -0.1) is 0 Å². The number of anilines is 1. The summed E-state index contributed by atoms with van der Waals surface area (Å²) in [5.74, 6) is -9.45. The van der Waals surface area contributed by atoms with E-state index >= 15 is 0 Å². The lowest BCUT2D eigenvalue weighted by atomic mass is 9.80. The summed E-state index contributed by atoms with van der Waals surface area (Å²) in [7, 11) is 0. The number of benzene rings is 3. The average molecular weight is 551 g/mol. The van der Waals surface area contributed by atoms with Crippen molar-refractivity contribution < 1.29 is 55.9 Å². The summed E-state index contributed by atoms with van der Waals surface area (Å²) in [5.41, 5.74) is -6.92. The molecule has 14 heteroatoms. The maximum atomic E-state index is 11.3. The first-order valence-corrected chi connectivity index (χ1v) is 11.2. The molecule has 3 aromatic carbocycles. The lowest BCUT2D eigenvalue weighted by molar-refractivity contribution is -0.360. The molecular weight excluding hydrogens is 528 g/mol. The molecule has 3 aromatic rings. The summed E-state index contributed by atoms with van der Waals surface area (Å²) in [6, 6.07) is 10.5. The molecule has 3 unspecified atom stereocenters. The van der Waals surface area contributed by atoms with Crippen LogP contribution in [0.3, 0.4) is 0 Å². The summed E-state index contributed by atoms with van der Waals surface area (Å²) in [6.07, 6.45) is -2.60. The molecule has 12 N–H and O–H groups in total. The molecule has 3 atom stereocenters. The zero-order valence-corrected chi connectivity index (χ0v) is 19.9. The molecule has 0 radical (unpaired) electrons. The predicted molar refractivity (Wildman–Crippen MR) is 130 cm³/mol. The van der Waals surface area contributed by atoms with Crippen molar-refractivity contribution in [3.8, 4) is 34.1 Å². The van der Waals surface area contributed by atoms with E-state index in [0.717, 1.165) is 6.07 Å². The van der Waals surface area contributed by atoms with Gasteiger partial charge in [0.15, 0.2) is 28.7 Å². The Hall–Kier alpha value is -3.82. The number of carbonyl (C=O) groups is 1. The maximum absolute atomic E-state index is 11.3. The molecule has 0 aromatic heterocycles. The lowest BCUT2D eigenvalue weighted by Gasteiger charge is -2.57. The molecule has 0 bridgehead atoms. The fourth-order valence-electron chi connectivity index (χ4n) is 4.23. The van der Waals surface area contributed by atoms with Crippen LogP contribution in [0.5, 0.6) is 23.0 Å². The van der Waals surface area contributed by atoms with Crippen LogP contribution in [-0.2, 0) is 0 Å². The van der Waals surface area contributed by atoms with Gasteiger partial charge in [-0.1, -0.05) is 35.9 Å². The summed E-state index contributed by atoms with van der Waals surface area (Å²) < 4.78 is 0. The molecule has 1 saturated heterocycles. The van der Waals surface area contributed by atoms with E-state index in [-0.39, 0.29) is 21.7 Å². The van der Waals surface area contributed by atoms with Crippen LogP contribution in [0.4, 0.5) is 5.69 Å². The molecule has 0 amide bonds. The highest BCUT2D eigenvalue weighted by Gasteiger charge is 2.66. The van der Waals surface area contributed by atoms with Gasteiger partial charge in [0.25, 0.3) is 5.91 Å². The number of aromatic carboxylic acids is 1. The van der Waals surface area contributed by atoms with Gasteiger partial charge in [0.2, 0.25) is 5.75 Å². The van der Waals surface area contributed by atoms with Gasteiger partial charge in [-0.05, 0) is 35.4 Å². The molecule has 38 heavy (non-hydrogen) atoms. The fraction of sp³-hybridized carbons (Fsp3) is 0.208. The number of halogens is 1. The van der Waals surface area contributed by atoms with Crippen molar-refractivity contribution in [2.24, 2.45) is 0 Å². The average Bonchev–Trinajstić information content (AvgIpc) is 2.84. The van der Waals surface area contributed by atoms with Crippen LogP contribution < -0.4 is 10.6 Å². The Kier molecular flexibility index (Phi) is 6.58. The molecule has 1 heterocycles. The molecular formula is C24H23ClN2O11. The first-order valence-electron chi connectivity index (χ1n) is 10.8. The van der Waals surface area contributed by atoms with Gasteiger partial charge >= 0.3 is 5.97 Å². The number of hydrogen-bond donors (Lipinski definition) is 12. The van der Waals surface area contributed by atoms with Crippen LogP contribution in [0.1, 0.15) is 28.4 Å². The molecule has 1 fully saturated rings. The highest BCUT2D eigenvalue weighted by molar-refractivity contribution is 6.30. The second-order valence-corrected chi connectivity index (χ2v) is 9.31. The van der Waals surface area contributed by atoms with Crippen molar-refractivity contribution in [1.82, 2.24) is 5.32 Å². The van der Waals surface area contributed by atoms with Crippen LogP contribution in [0.2, 0.25) is 5.02 Å². The molecule has 1 aliphatic heterocycles. The van der Waals surface area contributed by atoms with Crippen molar-refractivity contribution in [2.45, 2.75) is 29.9 Å². The molecule has 202 valence electrons. The molecule has 0 aliphatic carbocycles. The number of aliphatic hydroxyl groups excluding tert-OH is 1. The number of carboxylic acids is 1. The standard InChI is InChI=1S/C24H23ClN2O11/c25-13-6-2-4-11(8-13)20(32)22(35)9-23(36,27-22)24(37,38)26-15-16(28)14(17(29)19(31)18(15)30)10-3-1-5-12(7-10)21(33)34/h1-8,20,26-32,35-38H,9H2,(H,33,34). The largest absolute Gasteiger partial charge is 0.505 e. The molecule has 4 rings (SSSR count). The van der Waals surface area contributed by atoms with Gasteiger partial charge in [0.05, 0.1) is 11.1 Å². The molecule has 13 nitrogen and oxygen atoms in total. The summed E-state index contributed by atoms with van der Waals surface area (Å²) in [5, 5.41) is 108.